The molecule has 3 saturated carbocycles. The highest BCUT2D eigenvalue weighted by Crippen LogP contribution is 2.75. The van der Waals surface area contributed by atoms with Crippen LogP contribution in [0.3, 0.4) is 0 Å². The molecule has 1 heterocycles. The topological polar surface area (TPSA) is 46.6 Å². The van der Waals surface area contributed by atoms with Crippen molar-refractivity contribution >= 4 is 11.6 Å². The number of rotatable bonds is 2. The Morgan fingerprint density at radius 3 is 2.35 bits per heavy atom. The molecular formula is C33H47NO3. The van der Waals surface area contributed by atoms with Crippen LogP contribution in [0.25, 0.3) is 0 Å². The highest BCUT2D eigenvalue weighted by Gasteiger charge is 2.66. The standard InChI is InChI=1S/C33H47NO3/c1-22-23-7-8-26-31(4,24(23)19-25(35)28(22)36)12-14-33(6)27-20-29(2,21-34-15-17-37-18-16-34)9-10-30(27,3)11-13-32(26,33)5/h7-8,19,22,27H,9-18,20-21H2,1-6H3/t22?,27-,29-,30-,31+,32-,33+/m1/s1. The summed E-state index contributed by atoms with van der Waals surface area (Å²) in [6.07, 6.45) is 15.0. The third-order valence-corrected chi connectivity index (χ3v) is 12.8. The van der Waals surface area contributed by atoms with Gasteiger partial charge < -0.3 is 4.74 Å². The Balaban J connectivity index is 1.37. The molecule has 4 nitrogen and oxygen atoms in total. The summed E-state index contributed by atoms with van der Waals surface area (Å²) in [4.78, 5) is 27.9. The number of Topliss-reactive ketones (excluding diaryl/α,β-unsaturated/α-hetero) is 1. The lowest BCUT2D eigenvalue weighted by Crippen LogP contribution is -2.62. The van der Waals surface area contributed by atoms with Gasteiger partial charge in [-0.25, -0.2) is 0 Å². The number of carbonyl (C=O) groups excluding carboxylic acids is 2. The van der Waals surface area contributed by atoms with Crippen molar-refractivity contribution in [3.63, 3.8) is 0 Å². The van der Waals surface area contributed by atoms with Gasteiger partial charge in [-0.3, -0.25) is 14.5 Å². The van der Waals surface area contributed by atoms with Crippen LogP contribution in [0, 0.1) is 38.9 Å². The predicted octanol–water partition coefficient (Wildman–Crippen LogP) is 6.32. The number of ketones is 2. The van der Waals surface area contributed by atoms with Crippen molar-refractivity contribution in [2.24, 2.45) is 38.9 Å². The van der Waals surface area contributed by atoms with Crippen LogP contribution >= 0.6 is 0 Å². The van der Waals surface area contributed by atoms with Gasteiger partial charge in [-0.15, -0.1) is 0 Å². The lowest BCUT2D eigenvalue weighted by Gasteiger charge is -2.70. The van der Waals surface area contributed by atoms with Crippen LogP contribution in [0.4, 0.5) is 0 Å². The molecule has 4 fully saturated rings. The number of nitrogens with zero attached hydrogens (tertiary/aromatic N) is 1. The van der Waals surface area contributed by atoms with Crippen molar-refractivity contribution in [1.29, 1.82) is 0 Å². The van der Waals surface area contributed by atoms with Gasteiger partial charge in [0, 0.05) is 31.0 Å². The summed E-state index contributed by atoms with van der Waals surface area (Å²) in [5.74, 6) is -0.186. The second-order valence-electron chi connectivity index (χ2n) is 14.9. The van der Waals surface area contributed by atoms with Crippen molar-refractivity contribution in [3.8, 4) is 0 Å². The lowest BCUT2D eigenvalue weighted by atomic mass is 9.34. The molecule has 6 rings (SSSR count). The van der Waals surface area contributed by atoms with Gasteiger partial charge in [0.25, 0.3) is 0 Å². The molecule has 37 heavy (non-hydrogen) atoms. The van der Waals surface area contributed by atoms with E-state index < -0.39 is 0 Å². The third kappa shape index (κ3) is 3.53. The van der Waals surface area contributed by atoms with Gasteiger partial charge >= 0.3 is 0 Å². The molecule has 0 aromatic carbocycles. The van der Waals surface area contributed by atoms with Gasteiger partial charge in [0.2, 0.25) is 11.6 Å². The van der Waals surface area contributed by atoms with E-state index in [9.17, 15) is 9.59 Å². The minimum atomic E-state index is -0.322. The SMILES string of the molecule is CC1C(=O)C(=O)C=C2C1=CC=C1[C@@]2(C)CC[C@@]2(C)[C@@H]3C[C@](C)(CN4CCOCC4)CC[C@]3(C)CC[C@]12C. The van der Waals surface area contributed by atoms with Crippen molar-refractivity contribution in [3.05, 3.63) is 34.9 Å². The third-order valence-electron chi connectivity index (χ3n) is 12.8. The number of hydrogen-bond acceptors (Lipinski definition) is 4. The molecule has 0 bridgehead atoms. The molecule has 1 unspecified atom stereocenters. The van der Waals surface area contributed by atoms with Crippen molar-refractivity contribution in [2.75, 3.05) is 32.8 Å². The molecule has 6 aliphatic rings. The summed E-state index contributed by atoms with van der Waals surface area (Å²) in [6.45, 7) is 19.7. The minimum absolute atomic E-state index is 0.0952. The molecule has 0 spiro atoms. The Morgan fingerprint density at radius 2 is 1.62 bits per heavy atom. The molecule has 0 aromatic heterocycles. The largest absolute Gasteiger partial charge is 0.379 e. The molecule has 1 saturated heterocycles. The highest BCUT2D eigenvalue weighted by atomic mass is 16.5. The summed E-state index contributed by atoms with van der Waals surface area (Å²) < 4.78 is 5.64. The number of morpholine rings is 1. The van der Waals surface area contributed by atoms with E-state index in [4.69, 9.17) is 4.74 Å². The van der Waals surface area contributed by atoms with E-state index in [1.807, 2.05) is 6.92 Å². The number of allylic oxidation sites excluding steroid dienone is 6. The van der Waals surface area contributed by atoms with E-state index in [0.717, 1.165) is 43.9 Å². The molecule has 1 aliphatic heterocycles. The van der Waals surface area contributed by atoms with E-state index in [1.165, 1.54) is 50.6 Å². The zero-order valence-corrected chi connectivity index (χ0v) is 24.0. The van der Waals surface area contributed by atoms with Crippen molar-refractivity contribution < 1.29 is 14.3 Å². The number of ether oxygens (including phenoxy) is 1. The quantitative estimate of drug-likeness (QED) is 0.412. The Bertz CT molecular complexity index is 1130. The zero-order chi connectivity index (χ0) is 26.4. The molecule has 0 radical (unpaired) electrons. The molecular weight excluding hydrogens is 458 g/mol. The molecule has 0 amide bonds. The van der Waals surface area contributed by atoms with Crippen LogP contribution in [-0.2, 0) is 14.3 Å². The minimum Gasteiger partial charge on any atom is -0.379 e. The maximum Gasteiger partial charge on any atom is 0.222 e. The maximum absolute atomic E-state index is 12.7. The van der Waals surface area contributed by atoms with Gasteiger partial charge in [0.1, 0.15) is 0 Å². The van der Waals surface area contributed by atoms with Gasteiger partial charge in [0.05, 0.1) is 13.2 Å². The van der Waals surface area contributed by atoms with Gasteiger partial charge in [-0.1, -0.05) is 59.3 Å². The summed E-state index contributed by atoms with van der Waals surface area (Å²) in [6, 6.07) is 0. The second-order valence-corrected chi connectivity index (χ2v) is 14.9. The Hall–Kier alpha value is -1.52. The zero-order valence-electron chi connectivity index (χ0n) is 24.0. The normalized spacial score (nSPS) is 48.1. The van der Waals surface area contributed by atoms with Crippen LogP contribution in [0.2, 0.25) is 0 Å². The number of carbonyl (C=O) groups is 2. The van der Waals surface area contributed by atoms with E-state index in [0.29, 0.717) is 16.7 Å². The lowest BCUT2D eigenvalue weighted by molar-refractivity contribution is -0.164. The van der Waals surface area contributed by atoms with Crippen molar-refractivity contribution in [2.45, 2.75) is 86.5 Å². The number of fused-ring (bicyclic) bond motifs is 7. The molecule has 202 valence electrons. The van der Waals surface area contributed by atoms with Gasteiger partial charge in [0.15, 0.2) is 0 Å². The fraction of sp³-hybridized carbons (Fsp3) is 0.758. The maximum atomic E-state index is 12.7. The molecule has 7 atom stereocenters. The predicted molar refractivity (Wildman–Crippen MR) is 147 cm³/mol. The second kappa shape index (κ2) is 8.24. The van der Waals surface area contributed by atoms with Crippen LogP contribution < -0.4 is 0 Å². The molecule has 0 aromatic rings. The van der Waals surface area contributed by atoms with E-state index in [2.05, 4.69) is 51.7 Å². The van der Waals surface area contributed by atoms with Gasteiger partial charge in [-0.2, -0.15) is 0 Å². The Kier molecular flexibility index (Phi) is 5.73. The Morgan fingerprint density at radius 1 is 0.919 bits per heavy atom. The van der Waals surface area contributed by atoms with Crippen LogP contribution in [0.5, 0.6) is 0 Å². The van der Waals surface area contributed by atoms with Crippen molar-refractivity contribution in [1.82, 2.24) is 4.90 Å². The smallest absolute Gasteiger partial charge is 0.222 e. The van der Waals surface area contributed by atoms with Crippen LogP contribution in [-0.4, -0.2) is 49.3 Å². The first-order valence-corrected chi connectivity index (χ1v) is 14.9. The first-order chi connectivity index (χ1) is 17.4. The summed E-state index contributed by atoms with van der Waals surface area (Å²) in [5.41, 5.74) is 4.68. The summed E-state index contributed by atoms with van der Waals surface area (Å²) >= 11 is 0. The van der Waals surface area contributed by atoms with Gasteiger partial charge in [-0.05, 0) is 89.7 Å². The summed E-state index contributed by atoms with van der Waals surface area (Å²) in [7, 11) is 0. The number of hydrogen-bond donors (Lipinski definition) is 0. The Labute approximate surface area is 224 Å². The first kappa shape index (κ1) is 25.7. The first-order valence-electron chi connectivity index (χ1n) is 14.9. The molecule has 5 aliphatic carbocycles. The van der Waals surface area contributed by atoms with Crippen LogP contribution in [0.15, 0.2) is 34.9 Å². The molecule has 0 N–H and O–H groups in total. The van der Waals surface area contributed by atoms with E-state index in [1.54, 1.807) is 6.08 Å². The van der Waals surface area contributed by atoms with E-state index >= 15 is 0 Å². The average molecular weight is 506 g/mol. The highest BCUT2D eigenvalue weighted by molar-refractivity contribution is 6.44. The van der Waals surface area contributed by atoms with E-state index in [-0.39, 0.29) is 33.7 Å². The summed E-state index contributed by atoms with van der Waals surface area (Å²) in [5, 5.41) is 0. The fourth-order valence-corrected chi connectivity index (χ4v) is 10.1. The average Bonchev–Trinajstić information content (AvgIpc) is 2.86. The monoisotopic (exact) mass is 505 g/mol. The molecule has 4 heteroatoms. The van der Waals surface area contributed by atoms with Crippen LogP contribution in [0.1, 0.15) is 86.5 Å². The fourth-order valence-electron chi connectivity index (χ4n) is 10.1.